The summed E-state index contributed by atoms with van der Waals surface area (Å²) >= 11 is 0. The van der Waals surface area contributed by atoms with Gasteiger partial charge in [-0.25, -0.2) is 0 Å². The summed E-state index contributed by atoms with van der Waals surface area (Å²) in [6, 6.07) is 0. The van der Waals surface area contributed by atoms with E-state index in [1.54, 1.807) is 0 Å². The molecule has 0 aliphatic heterocycles. The van der Waals surface area contributed by atoms with Crippen molar-refractivity contribution in [1.29, 1.82) is 0 Å². The van der Waals surface area contributed by atoms with Gasteiger partial charge in [-0.3, -0.25) is 4.79 Å². The van der Waals surface area contributed by atoms with Gasteiger partial charge in [-0.2, -0.15) is 0 Å². The maximum absolute atomic E-state index is 10.9. The molecule has 0 atom stereocenters. The maximum atomic E-state index is 10.9. The molecule has 0 aromatic heterocycles. The van der Waals surface area contributed by atoms with E-state index in [9.17, 15) is 4.79 Å². The summed E-state index contributed by atoms with van der Waals surface area (Å²) in [5.41, 5.74) is 0.373. The van der Waals surface area contributed by atoms with Gasteiger partial charge in [-0.1, -0.05) is 41.0 Å². The van der Waals surface area contributed by atoms with Crippen LogP contribution in [0, 0.1) is 10.8 Å². The molecule has 0 fully saturated rings. The van der Waals surface area contributed by atoms with Crippen LogP contribution in [0.4, 0.5) is 0 Å². The lowest BCUT2D eigenvalue weighted by Gasteiger charge is -2.34. The van der Waals surface area contributed by atoms with Crippen LogP contribution in [0.3, 0.4) is 0 Å². The Balaban J connectivity index is 4.13. The minimum absolute atomic E-state index is 0.0737. The fraction of sp³-hybridized carbons (Fsp3) is 0.917. The van der Waals surface area contributed by atoms with Crippen molar-refractivity contribution in [2.45, 2.75) is 47.5 Å². The van der Waals surface area contributed by atoms with E-state index in [1.165, 1.54) is 0 Å². The number of hydrogen-bond donors (Lipinski definition) is 2. The summed E-state index contributed by atoms with van der Waals surface area (Å²) in [5.74, 6) is -0.294. The second-order valence-corrected chi connectivity index (χ2v) is 5.79. The lowest BCUT2D eigenvalue weighted by atomic mass is 9.73. The standard InChI is InChI=1S/C12H25NO2/c1-6-11(2,3)8-12(4,5)9-13-10(15)7-14/h14H,6-9H2,1-5H3,(H,13,15). The predicted octanol–water partition coefficient (Wildman–Crippen LogP) is 1.95. The van der Waals surface area contributed by atoms with Gasteiger partial charge in [0.15, 0.2) is 0 Å². The summed E-state index contributed by atoms with van der Waals surface area (Å²) in [5, 5.41) is 11.3. The van der Waals surface area contributed by atoms with Crippen LogP contribution < -0.4 is 5.32 Å². The highest BCUT2D eigenvalue weighted by Gasteiger charge is 2.27. The number of amides is 1. The lowest BCUT2D eigenvalue weighted by molar-refractivity contribution is -0.124. The van der Waals surface area contributed by atoms with E-state index < -0.39 is 6.61 Å². The molecule has 0 unspecified atom stereocenters. The normalized spacial score (nSPS) is 12.7. The molecule has 3 heteroatoms. The van der Waals surface area contributed by atoms with Crippen LogP contribution in [-0.2, 0) is 4.79 Å². The molecule has 90 valence electrons. The van der Waals surface area contributed by atoms with Crippen LogP contribution in [0.2, 0.25) is 0 Å². The molecular formula is C12H25NO2. The smallest absolute Gasteiger partial charge is 0.245 e. The van der Waals surface area contributed by atoms with Crippen molar-refractivity contribution >= 4 is 5.91 Å². The second kappa shape index (κ2) is 5.50. The Morgan fingerprint density at radius 1 is 1.20 bits per heavy atom. The van der Waals surface area contributed by atoms with Crippen molar-refractivity contribution in [3.05, 3.63) is 0 Å². The van der Waals surface area contributed by atoms with Gasteiger partial charge in [0.05, 0.1) is 0 Å². The molecule has 2 N–H and O–H groups in total. The van der Waals surface area contributed by atoms with Crippen molar-refractivity contribution in [1.82, 2.24) is 5.32 Å². The molecule has 0 aliphatic carbocycles. The molecule has 0 spiro atoms. The molecule has 0 aromatic rings. The number of carbonyl (C=O) groups is 1. The van der Waals surface area contributed by atoms with Gasteiger partial charge in [0.25, 0.3) is 0 Å². The van der Waals surface area contributed by atoms with E-state index in [-0.39, 0.29) is 11.3 Å². The van der Waals surface area contributed by atoms with Crippen LogP contribution in [-0.4, -0.2) is 24.2 Å². The molecule has 1 amide bonds. The SMILES string of the molecule is CCC(C)(C)CC(C)(C)CNC(=O)CO. The molecule has 3 nitrogen and oxygen atoms in total. The van der Waals surface area contributed by atoms with E-state index in [0.29, 0.717) is 12.0 Å². The van der Waals surface area contributed by atoms with Crippen molar-refractivity contribution in [2.75, 3.05) is 13.2 Å². The first-order chi connectivity index (χ1) is 6.72. The summed E-state index contributed by atoms with van der Waals surface area (Å²) in [6.07, 6.45) is 2.19. The van der Waals surface area contributed by atoms with Crippen molar-refractivity contribution < 1.29 is 9.90 Å². The topological polar surface area (TPSA) is 49.3 Å². The molecule has 0 saturated heterocycles. The van der Waals surface area contributed by atoms with E-state index >= 15 is 0 Å². The third kappa shape index (κ3) is 6.50. The van der Waals surface area contributed by atoms with Crippen molar-refractivity contribution in [3.63, 3.8) is 0 Å². The zero-order chi connectivity index (χ0) is 12.1. The van der Waals surface area contributed by atoms with Crippen LogP contribution >= 0.6 is 0 Å². The minimum Gasteiger partial charge on any atom is -0.387 e. The molecule has 0 heterocycles. The number of carbonyl (C=O) groups excluding carboxylic acids is 1. The molecule has 0 aliphatic rings. The lowest BCUT2D eigenvalue weighted by Crippen LogP contribution is -2.37. The predicted molar refractivity (Wildman–Crippen MR) is 62.6 cm³/mol. The Labute approximate surface area is 93.3 Å². The first-order valence-electron chi connectivity index (χ1n) is 5.60. The third-order valence-electron chi connectivity index (χ3n) is 2.82. The first kappa shape index (κ1) is 14.4. The van der Waals surface area contributed by atoms with Gasteiger partial charge in [-0.15, -0.1) is 0 Å². The van der Waals surface area contributed by atoms with E-state index in [1.807, 2.05) is 0 Å². The summed E-state index contributed by atoms with van der Waals surface area (Å²) < 4.78 is 0. The largest absolute Gasteiger partial charge is 0.387 e. The van der Waals surface area contributed by atoms with E-state index in [4.69, 9.17) is 5.11 Å². The van der Waals surface area contributed by atoms with Crippen LogP contribution in [0.1, 0.15) is 47.5 Å². The highest BCUT2D eigenvalue weighted by atomic mass is 16.3. The minimum atomic E-state index is -0.423. The molecular weight excluding hydrogens is 190 g/mol. The maximum Gasteiger partial charge on any atom is 0.245 e. The van der Waals surface area contributed by atoms with Crippen LogP contribution in [0.5, 0.6) is 0 Å². The quantitative estimate of drug-likeness (QED) is 0.711. The number of aliphatic hydroxyl groups is 1. The number of nitrogens with one attached hydrogen (secondary N) is 1. The summed E-state index contributed by atoms with van der Waals surface area (Å²) in [6.45, 7) is 11.1. The molecule has 0 rings (SSSR count). The van der Waals surface area contributed by atoms with E-state index in [2.05, 4.69) is 39.9 Å². The van der Waals surface area contributed by atoms with Gasteiger partial charge >= 0.3 is 0 Å². The third-order valence-corrected chi connectivity index (χ3v) is 2.82. The molecule has 0 radical (unpaired) electrons. The van der Waals surface area contributed by atoms with E-state index in [0.717, 1.165) is 12.8 Å². The van der Waals surface area contributed by atoms with Gasteiger partial charge in [0.2, 0.25) is 5.91 Å². The zero-order valence-corrected chi connectivity index (χ0v) is 10.7. The average Bonchev–Trinajstić information content (AvgIpc) is 2.13. The molecule has 0 aromatic carbocycles. The number of aliphatic hydroxyl groups excluding tert-OH is 1. The van der Waals surface area contributed by atoms with Gasteiger partial charge in [0.1, 0.15) is 6.61 Å². The molecule has 0 saturated carbocycles. The van der Waals surface area contributed by atoms with Gasteiger partial charge < -0.3 is 10.4 Å². The Morgan fingerprint density at radius 2 is 1.73 bits per heavy atom. The number of hydrogen-bond acceptors (Lipinski definition) is 2. The van der Waals surface area contributed by atoms with Gasteiger partial charge in [0, 0.05) is 6.54 Å². The fourth-order valence-corrected chi connectivity index (χ4v) is 1.88. The van der Waals surface area contributed by atoms with Crippen molar-refractivity contribution in [3.8, 4) is 0 Å². The Bertz CT molecular complexity index is 210. The highest BCUT2D eigenvalue weighted by molar-refractivity contribution is 5.76. The second-order valence-electron chi connectivity index (χ2n) is 5.79. The number of rotatable bonds is 6. The first-order valence-corrected chi connectivity index (χ1v) is 5.60. The van der Waals surface area contributed by atoms with Crippen molar-refractivity contribution in [2.24, 2.45) is 10.8 Å². The van der Waals surface area contributed by atoms with Crippen LogP contribution in [0.15, 0.2) is 0 Å². The Hall–Kier alpha value is -0.570. The van der Waals surface area contributed by atoms with Crippen LogP contribution in [0.25, 0.3) is 0 Å². The highest BCUT2D eigenvalue weighted by Crippen LogP contribution is 2.35. The summed E-state index contributed by atoms with van der Waals surface area (Å²) in [4.78, 5) is 10.9. The molecule has 15 heavy (non-hydrogen) atoms. The summed E-state index contributed by atoms with van der Waals surface area (Å²) in [7, 11) is 0. The fourth-order valence-electron chi connectivity index (χ4n) is 1.88. The average molecular weight is 215 g/mol. The zero-order valence-electron chi connectivity index (χ0n) is 10.7. The monoisotopic (exact) mass is 215 g/mol. The Morgan fingerprint density at radius 3 is 2.13 bits per heavy atom. The molecule has 0 bridgehead atoms. The Kier molecular flexibility index (Phi) is 5.29. The van der Waals surface area contributed by atoms with Gasteiger partial charge in [-0.05, 0) is 17.3 Å².